The monoisotopic (exact) mass is 503 g/mol. The summed E-state index contributed by atoms with van der Waals surface area (Å²) in [5.41, 5.74) is 2.94. The Bertz CT molecular complexity index is 1210. The van der Waals surface area contributed by atoms with Gasteiger partial charge in [0.25, 0.3) is 5.91 Å². The molecule has 36 heavy (non-hydrogen) atoms. The highest BCUT2D eigenvalue weighted by molar-refractivity contribution is 7.15. The van der Waals surface area contributed by atoms with E-state index in [9.17, 15) is 4.79 Å². The van der Waals surface area contributed by atoms with Crippen molar-refractivity contribution in [3.05, 3.63) is 52.7 Å². The average molecular weight is 504 g/mol. The number of nitrogens with one attached hydrogen (secondary N) is 1. The lowest BCUT2D eigenvalue weighted by Gasteiger charge is -2.32. The first-order valence-corrected chi connectivity index (χ1v) is 14.6. The number of nitrogens with zero attached hydrogens (tertiary/aromatic N) is 4. The van der Waals surface area contributed by atoms with E-state index in [2.05, 4.69) is 27.0 Å². The van der Waals surface area contributed by atoms with Gasteiger partial charge >= 0.3 is 0 Å². The van der Waals surface area contributed by atoms with Crippen LogP contribution in [-0.4, -0.2) is 52.5 Å². The average Bonchev–Trinajstić information content (AvgIpc) is 3.53. The number of aromatic nitrogens is 2. The third-order valence-corrected chi connectivity index (χ3v) is 9.71. The van der Waals surface area contributed by atoms with Crippen molar-refractivity contribution in [1.82, 2.24) is 20.2 Å². The molecule has 190 valence electrons. The highest BCUT2D eigenvalue weighted by Gasteiger charge is 2.28. The van der Waals surface area contributed by atoms with E-state index in [1.807, 2.05) is 41.7 Å². The fraction of sp³-hybridized carbons (Fsp3) is 0.552. The molecule has 1 aliphatic carbocycles. The minimum atomic E-state index is 0.0344. The molecule has 2 aromatic heterocycles. The standard InChI is InChI=1S/C29H37N5OS/c1-20-5-4-16-34(20)29-32-26-19-33(18-14-27(26)36-29)17-13-21-9-11-22(12-10-21)31-28(35)24-6-2-8-25-23(24)7-3-15-30-25/h2-3,6-8,15,20-22H,4-5,9-14,16-19H2,1H3,(H,31,35)/t20?,21-,22-. The third-order valence-electron chi connectivity index (χ3n) is 8.52. The number of benzene rings is 1. The highest BCUT2D eigenvalue weighted by atomic mass is 32.1. The molecular formula is C29H37N5OS. The Morgan fingerprint density at radius 3 is 2.83 bits per heavy atom. The quantitative estimate of drug-likeness (QED) is 0.487. The number of hydrogen-bond acceptors (Lipinski definition) is 6. The van der Waals surface area contributed by atoms with Gasteiger partial charge in [0.05, 0.1) is 11.2 Å². The maximum Gasteiger partial charge on any atom is 0.252 e. The molecule has 1 unspecified atom stereocenters. The Morgan fingerprint density at radius 1 is 1.11 bits per heavy atom. The second-order valence-corrected chi connectivity index (χ2v) is 12.0. The molecule has 1 saturated heterocycles. The fourth-order valence-electron chi connectivity index (χ4n) is 6.30. The lowest BCUT2D eigenvalue weighted by atomic mass is 9.84. The zero-order valence-corrected chi connectivity index (χ0v) is 22.1. The first kappa shape index (κ1) is 23.9. The van der Waals surface area contributed by atoms with Gasteiger partial charge in [-0.2, -0.15) is 0 Å². The fourth-order valence-corrected chi connectivity index (χ4v) is 7.48. The number of pyridine rings is 1. The molecule has 0 spiro atoms. The summed E-state index contributed by atoms with van der Waals surface area (Å²) in [6.07, 6.45) is 11.3. The van der Waals surface area contributed by atoms with E-state index in [1.54, 1.807) is 6.20 Å². The number of amides is 1. The molecule has 0 bridgehead atoms. The molecule has 1 aromatic carbocycles. The maximum atomic E-state index is 13.0. The van der Waals surface area contributed by atoms with E-state index >= 15 is 0 Å². The van der Waals surface area contributed by atoms with Crippen LogP contribution < -0.4 is 10.2 Å². The van der Waals surface area contributed by atoms with Crippen molar-refractivity contribution in [2.24, 2.45) is 5.92 Å². The van der Waals surface area contributed by atoms with Crippen LogP contribution in [0.25, 0.3) is 10.9 Å². The molecule has 3 aromatic rings. The summed E-state index contributed by atoms with van der Waals surface area (Å²) in [5.74, 6) is 0.796. The molecule has 6 nitrogen and oxygen atoms in total. The van der Waals surface area contributed by atoms with Crippen LogP contribution in [0.1, 0.15) is 72.8 Å². The van der Waals surface area contributed by atoms with Crippen molar-refractivity contribution in [1.29, 1.82) is 0 Å². The van der Waals surface area contributed by atoms with Gasteiger partial charge in [0.2, 0.25) is 0 Å². The molecule has 0 radical (unpaired) electrons. The van der Waals surface area contributed by atoms with Gasteiger partial charge in [0, 0.05) is 53.7 Å². The van der Waals surface area contributed by atoms with E-state index in [4.69, 9.17) is 4.98 Å². The predicted molar refractivity (Wildman–Crippen MR) is 147 cm³/mol. The number of hydrogen-bond donors (Lipinski definition) is 1. The number of carbonyl (C=O) groups is 1. The molecule has 4 heterocycles. The zero-order chi connectivity index (χ0) is 24.5. The summed E-state index contributed by atoms with van der Waals surface area (Å²) in [4.78, 5) is 29.1. The first-order chi connectivity index (χ1) is 17.6. The Balaban J connectivity index is 0.969. The summed E-state index contributed by atoms with van der Waals surface area (Å²) in [7, 11) is 0. The topological polar surface area (TPSA) is 61.4 Å². The van der Waals surface area contributed by atoms with Crippen molar-refractivity contribution in [2.45, 2.75) is 76.9 Å². The summed E-state index contributed by atoms with van der Waals surface area (Å²) < 4.78 is 0. The first-order valence-electron chi connectivity index (χ1n) is 13.8. The zero-order valence-electron chi connectivity index (χ0n) is 21.3. The van der Waals surface area contributed by atoms with Crippen molar-refractivity contribution in [3.8, 4) is 0 Å². The molecule has 1 saturated carbocycles. The maximum absolute atomic E-state index is 13.0. The number of fused-ring (bicyclic) bond motifs is 2. The minimum Gasteiger partial charge on any atom is -0.349 e. The van der Waals surface area contributed by atoms with Crippen LogP contribution in [0.15, 0.2) is 36.5 Å². The highest BCUT2D eigenvalue weighted by Crippen LogP contribution is 2.35. The van der Waals surface area contributed by atoms with Crippen LogP contribution in [0.4, 0.5) is 5.13 Å². The van der Waals surface area contributed by atoms with Crippen LogP contribution in [0.2, 0.25) is 0 Å². The van der Waals surface area contributed by atoms with Gasteiger partial charge in [-0.15, -0.1) is 11.3 Å². The van der Waals surface area contributed by atoms with Crippen molar-refractivity contribution in [2.75, 3.05) is 24.5 Å². The number of carbonyl (C=O) groups excluding carboxylic acids is 1. The summed E-state index contributed by atoms with van der Waals surface area (Å²) in [6.45, 7) is 6.84. The molecular weight excluding hydrogens is 466 g/mol. The molecule has 1 amide bonds. The molecule has 2 fully saturated rings. The van der Waals surface area contributed by atoms with Gasteiger partial charge in [0.1, 0.15) is 0 Å². The minimum absolute atomic E-state index is 0.0344. The van der Waals surface area contributed by atoms with Gasteiger partial charge < -0.3 is 10.2 Å². The van der Waals surface area contributed by atoms with Crippen LogP contribution >= 0.6 is 11.3 Å². The molecule has 1 atom stereocenters. The third kappa shape index (κ3) is 5.00. The van der Waals surface area contributed by atoms with E-state index in [1.165, 1.54) is 54.4 Å². The van der Waals surface area contributed by atoms with E-state index in [0.717, 1.165) is 61.3 Å². The van der Waals surface area contributed by atoms with E-state index in [-0.39, 0.29) is 11.9 Å². The SMILES string of the molecule is CC1CCCN1c1nc2c(s1)CCN(CC[C@H]1CC[C@H](NC(=O)c3cccc4ncccc34)CC1)C2. The molecule has 3 aliphatic rings. The molecule has 1 N–H and O–H groups in total. The van der Waals surface area contributed by atoms with Crippen molar-refractivity contribution < 1.29 is 4.79 Å². The molecule has 6 rings (SSSR count). The number of rotatable bonds is 6. The van der Waals surface area contributed by atoms with Crippen LogP contribution in [0, 0.1) is 5.92 Å². The Hall–Kier alpha value is -2.51. The second kappa shape index (κ2) is 10.5. The van der Waals surface area contributed by atoms with Crippen LogP contribution in [-0.2, 0) is 13.0 Å². The Kier molecular flexibility index (Phi) is 6.94. The van der Waals surface area contributed by atoms with Gasteiger partial charge in [-0.3, -0.25) is 14.7 Å². The second-order valence-electron chi connectivity index (χ2n) is 10.9. The van der Waals surface area contributed by atoms with Gasteiger partial charge in [0.15, 0.2) is 5.13 Å². The van der Waals surface area contributed by atoms with Gasteiger partial charge in [-0.05, 0) is 89.0 Å². The Morgan fingerprint density at radius 2 is 2.00 bits per heavy atom. The summed E-state index contributed by atoms with van der Waals surface area (Å²) in [6, 6.07) is 10.6. The summed E-state index contributed by atoms with van der Waals surface area (Å²) in [5, 5.41) is 5.49. The predicted octanol–water partition coefficient (Wildman–Crippen LogP) is 5.42. The summed E-state index contributed by atoms with van der Waals surface area (Å²) >= 11 is 1.94. The van der Waals surface area contributed by atoms with E-state index in [0.29, 0.717) is 6.04 Å². The van der Waals surface area contributed by atoms with Crippen molar-refractivity contribution >= 4 is 33.3 Å². The van der Waals surface area contributed by atoms with Crippen LogP contribution in [0.3, 0.4) is 0 Å². The number of anilines is 1. The van der Waals surface area contributed by atoms with Crippen molar-refractivity contribution in [3.63, 3.8) is 0 Å². The van der Waals surface area contributed by atoms with Crippen LogP contribution in [0.5, 0.6) is 0 Å². The Labute approximate surface area is 218 Å². The smallest absolute Gasteiger partial charge is 0.252 e. The number of thiazole rings is 1. The largest absolute Gasteiger partial charge is 0.349 e. The van der Waals surface area contributed by atoms with Gasteiger partial charge in [-0.25, -0.2) is 4.98 Å². The van der Waals surface area contributed by atoms with E-state index < -0.39 is 0 Å². The normalized spacial score (nSPS) is 24.7. The molecule has 7 heteroatoms. The molecule has 2 aliphatic heterocycles. The lowest BCUT2D eigenvalue weighted by molar-refractivity contribution is 0.0921. The van der Waals surface area contributed by atoms with Gasteiger partial charge in [-0.1, -0.05) is 12.1 Å². The lowest BCUT2D eigenvalue weighted by Crippen LogP contribution is -2.38.